The predicted octanol–water partition coefficient (Wildman–Crippen LogP) is 5.03. The normalized spacial score (nSPS) is 12.5. The Morgan fingerprint density at radius 3 is 1.47 bits per heavy atom. The highest BCUT2D eigenvalue weighted by Crippen LogP contribution is 2.13. The van der Waals surface area contributed by atoms with Gasteiger partial charge >= 0.3 is 0 Å². The minimum absolute atomic E-state index is 0.639. The van der Waals surface area contributed by atoms with Gasteiger partial charge in [0.2, 0.25) is 0 Å². The molecule has 0 saturated carbocycles. The summed E-state index contributed by atoms with van der Waals surface area (Å²) in [5.74, 6) is 0. The second-order valence-electron chi connectivity index (χ2n) is 5.73. The highest BCUT2D eigenvalue weighted by Gasteiger charge is 2.00. The topological polar surface area (TPSA) is 37.3 Å². The number of aldehydes is 1. The summed E-state index contributed by atoms with van der Waals surface area (Å²) in [6, 6.07) is 0. The maximum absolute atomic E-state index is 10.2. The fraction of sp³-hybridized carbons (Fsp3) is 0.941. The lowest BCUT2D eigenvalue weighted by Gasteiger charge is -2.04. The maximum Gasteiger partial charge on any atom is 0.148 e. The van der Waals surface area contributed by atoms with Crippen LogP contribution < -0.4 is 0 Å². The van der Waals surface area contributed by atoms with Gasteiger partial charge in [-0.05, 0) is 6.42 Å². The second-order valence-corrected chi connectivity index (χ2v) is 5.73. The SMILES string of the molecule is CCCCCCCCCCCCCCCC(O)C=O. The number of carbonyl (C=O) groups excluding carboxylic acids is 1. The van der Waals surface area contributed by atoms with Crippen LogP contribution in [0, 0.1) is 0 Å². The van der Waals surface area contributed by atoms with E-state index in [4.69, 9.17) is 5.11 Å². The molecule has 0 saturated heterocycles. The Hall–Kier alpha value is -0.370. The minimum atomic E-state index is -0.729. The highest BCUT2D eigenvalue weighted by atomic mass is 16.3. The van der Waals surface area contributed by atoms with E-state index >= 15 is 0 Å². The predicted molar refractivity (Wildman–Crippen MR) is 82.4 cm³/mol. The lowest BCUT2D eigenvalue weighted by atomic mass is 10.0. The number of hydrogen-bond acceptors (Lipinski definition) is 2. The summed E-state index contributed by atoms with van der Waals surface area (Å²) in [7, 11) is 0. The molecular formula is C17H34O2. The molecule has 0 aliphatic heterocycles. The third-order valence-electron chi connectivity index (χ3n) is 3.76. The van der Waals surface area contributed by atoms with Crippen molar-refractivity contribution >= 4 is 6.29 Å². The van der Waals surface area contributed by atoms with E-state index in [0.717, 1.165) is 12.8 Å². The molecule has 1 unspecified atom stereocenters. The van der Waals surface area contributed by atoms with E-state index in [2.05, 4.69) is 6.92 Å². The van der Waals surface area contributed by atoms with Crippen molar-refractivity contribution in [3.8, 4) is 0 Å². The molecule has 0 aliphatic rings. The monoisotopic (exact) mass is 270 g/mol. The average Bonchev–Trinajstić information content (AvgIpc) is 2.43. The van der Waals surface area contributed by atoms with Gasteiger partial charge in [0.25, 0.3) is 0 Å². The van der Waals surface area contributed by atoms with Crippen LogP contribution >= 0.6 is 0 Å². The number of hydrogen-bond donors (Lipinski definition) is 1. The van der Waals surface area contributed by atoms with Crippen LogP contribution in [0.4, 0.5) is 0 Å². The summed E-state index contributed by atoms with van der Waals surface area (Å²) in [5, 5.41) is 9.07. The summed E-state index contributed by atoms with van der Waals surface area (Å²) in [4.78, 5) is 10.2. The van der Waals surface area contributed by atoms with E-state index in [1.54, 1.807) is 0 Å². The summed E-state index contributed by atoms with van der Waals surface area (Å²) in [6.45, 7) is 2.26. The van der Waals surface area contributed by atoms with Gasteiger partial charge in [-0.1, -0.05) is 90.4 Å². The van der Waals surface area contributed by atoms with Gasteiger partial charge in [0.1, 0.15) is 12.4 Å². The zero-order valence-electron chi connectivity index (χ0n) is 12.9. The van der Waals surface area contributed by atoms with Crippen LogP contribution in [0.25, 0.3) is 0 Å². The third kappa shape index (κ3) is 15.6. The van der Waals surface area contributed by atoms with E-state index in [1.807, 2.05) is 0 Å². The maximum atomic E-state index is 10.2. The molecule has 0 bridgehead atoms. The summed E-state index contributed by atoms with van der Waals surface area (Å²) in [6.07, 6.45) is 17.8. The molecule has 0 aromatic rings. The fourth-order valence-corrected chi connectivity index (χ4v) is 2.44. The van der Waals surface area contributed by atoms with E-state index in [9.17, 15) is 4.79 Å². The van der Waals surface area contributed by atoms with Gasteiger partial charge in [0.05, 0.1) is 0 Å². The minimum Gasteiger partial charge on any atom is -0.386 e. The van der Waals surface area contributed by atoms with Gasteiger partial charge in [0, 0.05) is 0 Å². The van der Waals surface area contributed by atoms with Crippen LogP contribution in [-0.4, -0.2) is 17.5 Å². The van der Waals surface area contributed by atoms with Gasteiger partial charge in [-0.25, -0.2) is 0 Å². The van der Waals surface area contributed by atoms with E-state index in [0.29, 0.717) is 12.7 Å². The van der Waals surface area contributed by atoms with Crippen molar-refractivity contribution in [1.82, 2.24) is 0 Å². The first-order valence-corrected chi connectivity index (χ1v) is 8.44. The van der Waals surface area contributed by atoms with Gasteiger partial charge < -0.3 is 9.90 Å². The Kier molecular flexibility index (Phi) is 15.4. The standard InChI is InChI=1S/C17H34O2/c1-2-3-4-5-6-7-8-9-10-11-12-13-14-15-17(19)16-18/h16-17,19H,2-15H2,1H3. The first kappa shape index (κ1) is 18.6. The summed E-state index contributed by atoms with van der Waals surface area (Å²) >= 11 is 0. The number of aliphatic hydroxyl groups excluding tert-OH is 1. The molecule has 1 atom stereocenters. The fourth-order valence-electron chi connectivity index (χ4n) is 2.44. The summed E-state index contributed by atoms with van der Waals surface area (Å²) < 4.78 is 0. The molecule has 1 N–H and O–H groups in total. The van der Waals surface area contributed by atoms with E-state index < -0.39 is 6.10 Å². The molecule has 0 fully saturated rings. The van der Waals surface area contributed by atoms with Crippen LogP contribution in [0.5, 0.6) is 0 Å². The van der Waals surface area contributed by atoms with Crippen LogP contribution in [0.1, 0.15) is 96.8 Å². The van der Waals surface area contributed by atoms with Crippen molar-refractivity contribution in [1.29, 1.82) is 0 Å². The van der Waals surface area contributed by atoms with Crippen LogP contribution in [0.2, 0.25) is 0 Å². The van der Waals surface area contributed by atoms with Crippen molar-refractivity contribution in [2.24, 2.45) is 0 Å². The molecule has 114 valence electrons. The first-order chi connectivity index (χ1) is 9.31. The highest BCUT2D eigenvalue weighted by molar-refractivity contribution is 5.55. The Labute approximate surface area is 120 Å². The molecule has 2 heteroatoms. The number of rotatable bonds is 15. The van der Waals surface area contributed by atoms with Gasteiger partial charge in [-0.15, -0.1) is 0 Å². The molecule has 0 aromatic carbocycles. The zero-order valence-corrected chi connectivity index (χ0v) is 12.9. The molecule has 0 aliphatic carbocycles. The molecule has 0 rings (SSSR count). The van der Waals surface area contributed by atoms with Gasteiger partial charge in [0.15, 0.2) is 0 Å². The van der Waals surface area contributed by atoms with Gasteiger partial charge in [-0.2, -0.15) is 0 Å². The molecule has 0 amide bonds. The molecule has 2 nitrogen and oxygen atoms in total. The smallest absolute Gasteiger partial charge is 0.148 e. The van der Waals surface area contributed by atoms with Crippen LogP contribution in [0.15, 0.2) is 0 Å². The average molecular weight is 270 g/mol. The second kappa shape index (κ2) is 15.7. The molecule has 0 heterocycles. The Balaban J connectivity index is 2.97. The number of carbonyl (C=O) groups is 1. The van der Waals surface area contributed by atoms with Crippen molar-refractivity contribution in [2.45, 2.75) is 103 Å². The van der Waals surface area contributed by atoms with Crippen molar-refractivity contribution in [3.63, 3.8) is 0 Å². The molecule has 0 spiro atoms. The molecule has 0 aromatic heterocycles. The lowest BCUT2D eigenvalue weighted by Crippen LogP contribution is -2.06. The zero-order chi connectivity index (χ0) is 14.2. The Morgan fingerprint density at radius 1 is 0.737 bits per heavy atom. The van der Waals surface area contributed by atoms with Crippen molar-refractivity contribution in [3.05, 3.63) is 0 Å². The largest absolute Gasteiger partial charge is 0.386 e. The summed E-state index contributed by atoms with van der Waals surface area (Å²) in [5.41, 5.74) is 0. The lowest BCUT2D eigenvalue weighted by molar-refractivity contribution is -0.115. The number of aliphatic hydroxyl groups is 1. The number of unbranched alkanes of at least 4 members (excludes halogenated alkanes) is 12. The first-order valence-electron chi connectivity index (χ1n) is 8.44. The third-order valence-corrected chi connectivity index (χ3v) is 3.76. The van der Waals surface area contributed by atoms with Crippen LogP contribution in [0.3, 0.4) is 0 Å². The van der Waals surface area contributed by atoms with E-state index in [1.165, 1.54) is 70.6 Å². The van der Waals surface area contributed by atoms with Crippen molar-refractivity contribution < 1.29 is 9.90 Å². The molecular weight excluding hydrogens is 236 g/mol. The van der Waals surface area contributed by atoms with Crippen molar-refractivity contribution in [2.75, 3.05) is 0 Å². The molecule has 0 radical (unpaired) electrons. The Bertz CT molecular complexity index is 180. The van der Waals surface area contributed by atoms with Crippen LogP contribution in [-0.2, 0) is 4.79 Å². The van der Waals surface area contributed by atoms with Gasteiger partial charge in [-0.3, -0.25) is 0 Å². The molecule has 19 heavy (non-hydrogen) atoms. The van der Waals surface area contributed by atoms with E-state index in [-0.39, 0.29) is 0 Å². The quantitative estimate of drug-likeness (QED) is 0.335. The Morgan fingerprint density at radius 2 is 1.11 bits per heavy atom.